The summed E-state index contributed by atoms with van der Waals surface area (Å²) in [5.74, 6) is 0.582. The van der Waals surface area contributed by atoms with E-state index < -0.39 is 0 Å². The molecule has 0 bridgehead atoms. The monoisotopic (exact) mass is 179 g/mol. The van der Waals surface area contributed by atoms with Gasteiger partial charge in [0.15, 0.2) is 0 Å². The molecule has 1 N–H and O–H groups in total. The lowest BCUT2D eigenvalue weighted by Crippen LogP contribution is -1.97. The Morgan fingerprint density at radius 1 is 1.54 bits per heavy atom. The minimum Gasteiger partial charge on any atom is -0.477 e. The standard InChI is InChI=1S/C10H13NO2/c1-2-3-6-13-10-5-4-9(8-12)7-11-10/h2,4-5,7,12H,1,3,6,8H2. The van der Waals surface area contributed by atoms with Gasteiger partial charge in [-0.05, 0) is 18.1 Å². The van der Waals surface area contributed by atoms with Gasteiger partial charge in [-0.3, -0.25) is 0 Å². The fourth-order valence-corrected chi connectivity index (χ4v) is 0.837. The Kier molecular flexibility index (Phi) is 3.99. The molecule has 1 aromatic rings. The van der Waals surface area contributed by atoms with Gasteiger partial charge in [0.05, 0.1) is 13.2 Å². The normalized spacial score (nSPS) is 9.62. The Hall–Kier alpha value is -1.35. The zero-order valence-electron chi connectivity index (χ0n) is 7.44. The molecule has 0 aliphatic rings. The second-order valence-electron chi connectivity index (χ2n) is 2.59. The minimum absolute atomic E-state index is 0.0138. The van der Waals surface area contributed by atoms with E-state index in [0.29, 0.717) is 12.5 Å². The molecule has 0 aliphatic heterocycles. The van der Waals surface area contributed by atoms with Crippen LogP contribution in [0.1, 0.15) is 12.0 Å². The third-order valence-electron chi connectivity index (χ3n) is 1.55. The molecule has 0 atom stereocenters. The summed E-state index contributed by atoms with van der Waals surface area (Å²) in [5.41, 5.74) is 0.788. The first kappa shape index (κ1) is 9.74. The van der Waals surface area contributed by atoms with Crippen LogP contribution in [-0.2, 0) is 6.61 Å². The molecule has 0 aromatic carbocycles. The van der Waals surface area contributed by atoms with E-state index in [4.69, 9.17) is 9.84 Å². The van der Waals surface area contributed by atoms with Crippen LogP contribution in [0.2, 0.25) is 0 Å². The molecule has 0 saturated heterocycles. The van der Waals surface area contributed by atoms with Crippen molar-refractivity contribution in [2.24, 2.45) is 0 Å². The first-order valence-electron chi connectivity index (χ1n) is 4.16. The fraction of sp³-hybridized carbons (Fsp3) is 0.300. The third kappa shape index (κ3) is 3.25. The van der Waals surface area contributed by atoms with Crippen molar-refractivity contribution >= 4 is 0 Å². The lowest BCUT2D eigenvalue weighted by molar-refractivity contribution is 0.279. The Bertz CT molecular complexity index is 256. The van der Waals surface area contributed by atoms with Crippen molar-refractivity contribution in [3.8, 4) is 5.88 Å². The van der Waals surface area contributed by atoms with Crippen LogP contribution >= 0.6 is 0 Å². The van der Waals surface area contributed by atoms with Crippen LogP contribution in [-0.4, -0.2) is 16.7 Å². The molecular formula is C10H13NO2. The van der Waals surface area contributed by atoms with Gasteiger partial charge in [0, 0.05) is 12.3 Å². The zero-order chi connectivity index (χ0) is 9.52. The number of ether oxygens (including phenoxy) is 1. The van der Waals surface area contributed by atoms with Gasteiger partial charge in [0.25, 0.3) is 0 Å². The van der Waals surface area contributed by atoms with E-state index >= 15 is 0 Å². The van der Waals surface area contributed by atoms with E-state index in [1.807, 2.05) is 0 Å². The first-order valence-corrected chi connectivity index (χ1v) is 4.16. The van der Waals surface area contributed by atoms with E-state index in [0.717, 1.165) is 12.0 Å². The van der Waals surface area contributed by atoms with Gasteiger partial charge >= 0.3 is 0 Å². The van der Waals surface area contributed by atoms with Gasteiger partial charge in [0.2, 0.25) is 5.88 Å². The number of aliphatic hydroxyl groups is 1. The average molecular weight is 179 g/mol. The van der Waals surface area contributed by atoms with Gasteiger partial charge < -0.3 is 9.84 Å². The van der Waals surface area contributed by atoms with Crippen LogP contribution in [0.15, 0.2) is 31.0 Å². The number of aliphatic hydroxyl groups excluding tert-OH is 1. The highest BCUT2D eigenvalue weighted by Crippen LogP contribution is 2.07. The van der Waals surface area contributed by atoms with Crippen molar-refractivity contribution in [1.29, 1.82) is 0 Å². The Morgan fingerprint density at radius 2 is 2.38 bits per heavy atom. The van der Waals surface area contributed by atoms with Crippen molar-refractivity contribution in [2.45, 2.75) is 13.0 Å². The quantitative estimate of drug-likeness (QED) is 0.550. The van der Waals surface area contributed by atoms with Crippen LogP contribution in [0.25, 0.3) is 0 Å². The Labute approximate surface area is 77.7 Å². The van der Waals surface area contributed by atoms with Gasteiger partial charge in [-0.2, -0.15) is 0 Å². The summed E-state index contributed by atoms with van der Waals surface area (Å²) in [6.45, 7) is 4.19. The van der Waals surface area contributed by atoms with Gasteiger partial charge in [-0.15, -0.1) is 6.58 Å². The van der Waals surface area contributed by atoms with E-state index in [-0.39, 0.29) is 6.61 Å². The van der Waals surface area contributed by atoms with E-state index in [1.54, 1.807) is 24.4 Å². The van der Waals surface area contributed by atoms with Crippen molar-refractivity contribution in [3.63, 3.8) is 0 Å². The maximum absolute atomic E-state index is 8.75. The van der Waals surface area contributed by atoms with E-state index in [9.17, 15) is 0 Å². The molecule has 0 amide bonds. The topological polar surface area (TPSA) is 42.4 Å². The summed E-state index contributed by atoms with van der Waals surface area (Å²) < 4.78 is 5.28. The molecular weight excluding hydrogens is 166 g/mol. The second-order valence-corrected chi connectivity index (χ2v) is 2.59. The number of pyridine rings is 1. The van der Waals surface area contributed by atoms with Crippen LogP contribution in [0.3, 0.4) is 0 Å². The number of aromatic nitrogens is 1. The predicted octanol–water partition coefficient (Wildman–Crippen LogP) is 1.53. The molecule has 13 heavy (non-hydrogen) atoms. The van der Waals surface area contributed by atoms with E-state index in [2.05, 4.69) is 11.6 Å². The van der Waals surface area contributed by atoms with Crippen molar-refractivity contribution in [2.75, 3.05) is 6.61 Å². The summed E-state index contributed by atoms with van der Waals surface area (Å²) in [4.78, 5) is 4.00. The first-order chi connectivity index (χ1) is 6.36. The number of nitrogens with zero attached hydrogens (tertiary/aromatic N) is 1. The lowest BCUT2D eigenvalue weighted by atomic mass is 10.3. The van der Waals surface area contributed by atoms with Gasteiger partial charge in [-0.1, -0.05) is 6.08 Å². The highest BCUT2D eigenvalue weighted by Gasteiger charge is 1.94. The van der Waals surface area contributed by atoms with Crippen LogP contribution in [0.5, 0.6) is 5.88 Å². The largest absolute Gasteiger partial charge is 0.477 e. The molecule has 0 spiro atoms. The summed E-state index contributed by atoms with van der Waals surface area (Å²) >= 11 is 0. The van der Waals surface area contributed by atoms with Crippen molar-refractivity contribution in [1.82, 2.24) is 4.98 Å². The zero-order valence-corrected chi connectivity index (χ0v) is 7.44. The number of rotatable bonds is 5. The second kappa shape index (κ2) is 5.32. The molecule has 0 unspecified atom stereocenters. The smallest absolute Gasteiger partial charge is 0.213 e. The highest BCUT2D eigenvalue weighted by molar-refractivity contribution is 5.16. The van der Waals surface area contributed by atoms with Crippen molar-refractivity contribution < 1.29 is 9.84 Å². The molecule has 0 radical (unpaired) electrons. The fourth-order valence-electron chi connectivity index (χ4n) is 0.837. The summed E-state index contributed by atoms with van der Waals surface area (Å²) in [7, 11) is 0. The molecule has 70 valence electrons. The summed E-state index contributed by atoms with van der Waals surface area (Å²) in [5, 5.41) is 8.75. The molecule has 3 nitrogen and oxygen atoms in total. The third-order valence-corrected chi connectivity index (χ3v) is 1.55. The van der Waals surface area contributed by atoms with Crippen molar-refractivity contribution in [3.05, 3.63) is 36.5 Å². The SMILES string of the molecule is C=CCCOc1ccc(CO)cn1. The molecule has 0 aliphatic carbocycles. The van der Waals surface area contributed by atoms with Gasteiger partial charge in [-0.25, -0.2) is 4.98 Å². The molecule has 0 fully saturated rings. The maximum atomic E-state index is 8.75. The van der Waals surface area contributed by atoms with Crippen LogP contribution < -0.4 is 4.74 Å². The number of hydrogen-bond acceptors (Lipinski definition) is 3. The highest BCUT2D eigenvalue weighted by atomic mass is 16.5. The molecule has 1 heterocycles. The molecule has 1 aromatic heterocycles. The number of hydrogen-bond donors (Lipinski definition) is 1. The Balaban J connectivity index is 2.44. The van der Waals surface area contributed by atoms with Crippen LogP contribution in [0, 0.1) is 0 Å². The minimum atomic E-state index is 0.0138. The van der Waals surface area contributed by atoms with Crippen LogP contribution in [0.4, 0.5) is 0 Å². The average Bonchev–Trinajstić information content (AvgIpc) is 2.19. The summed E-state index contributed by atoms with van der Waals surface area (Å²) in [6, 6.07) is 3.53. The molecule has 0 saturated carbocycles. The van der Waals surface area contributed by atoms with Gasteiger partial charge in [0.1, 0.15) is 0 Å². The van der Waals surface area contributed by atoms with E-state index in [1.165, 1.54) is 0 Å². The molecule has 3 heteroatoms. The Morgan fingerprint density at radius 3 is 2.92 bits per heavy atom. The predicted molar refractivity (Wildman–Crippen MR) is 50.5 cm³/mol. The lowest BCUT2D eigenvalue weighted by Gasteiger charge is -2.03. The molecule has 1 rings (SSSR count). The summed E-state index contributed by atoms with van der Waals surface area (Å²) in [6.07, 6.45) is 4.20. The maximum Gasteiger partial charge on any atom is 0.213 e.